The first-order valence-corrected chi connectivity index (χ1v) is 9.95. The molecule has 3 aromatic rings. The van der Waals surface area contributed by atoms with Crippen LogP contribution in [0.25, 0.3) is 11.4 Å². The van der Waals surface area contributed by atoms with E-state index in [9.17, 15) is 4.79 Å². The number of thioether (sulfide) groups is 1. The van der Waals surface area contributed by atoms with Crippen LogP contribution in [-0.2, 0) is 11.8 Å². The SMILES string of the molecule is CC(Sc1nnc(-c2ccc(Cl)cc2)n1C)C(=O)Nc1c(Cl)cccc1Cl. The molecule has 1 atom stereocenters. The molecule has 0 aliphatic heterocycles. The minimum atomic E-state index is -0.432. The number of amides is 1. The summed E-state index contributed by atoms with van der Waals surface area (Å²) in [5.41, 5.74) is 1.29. The van der Waals surface area contributed by atoms with Crippen molar-refractivity contribution in [3.8, 4) is 11.4 Å². The number of hydrogen-bond donors (Lipinski definition) is 1. The molecule has 1 unspecified atom stereocenters. The van der Waals surface area contributed by atoms with Crippen molar-refractivity contribution in [3.05, 3.63) is 57.5 Å². The number of nitrogens with one attached hydrogen (secondary N) is 1. The molecule has 3 rings (SSSR count). The van der Waals surface area contributed by atoms with E-state index < -0.39 is 5.25 Å². The fraction of sp³-hybridized carbons (Fsp3) is 0.167. The maximum absolute atomic E-state index is 12.5. The summed E-state index contributed by atoms with van der Waals surface area (Å²) in [6, 6.07) is 12.4. The number of carbonyl (C=O) groups excluding carboxylic acids is 1. The first-order chi connectivity index (χ1) is 12.9. The van der Waals surface area contributed by atoms with Gasteiger partial charge in [0.1, 0.15) is 0 Å². The van der Waals surface area contributed by atoms with Gasteiger partial charge in [0, 0.05) is 17.6 Å². The lowest BCUT2D eigenvalue weighted by Gasteiger charge is -2.13. The molecule has 9 heteroatoms. The number of anilines is 1. The maximum Gasteiger partial charge on any atom is 0.237 e. The van der Waals surface area contributed by atoms with E-state index in [2.05, 4.69) is 15.5 Å². The van der Waals surface area contributed by atoms with E-state index in [1.54, 1.807) is 37.3 Å². The van der Waals surface area contributed by atoms with Gasteiger partial charge in [-0.05, 0) is 43.3 Å². The molecule has 1 heterocycles. The molecule has 0 aliphatic rings. The van der Waals surface area contributed by atoms with E-state index >= 15 is 0 Å². The number of carbonyl (C=O) groups is 1. The highest BCUT2D eigenvalue weighted by Gasteiger charge is 2.21. The van der Waals surface area contributed by atoms with E-state index in [1.165, 1.54) is 11.8 Å². The van der Waals surface area contributed by atoms with Gasteiger partial charge in [0.15, 0.2) is 11.0 Å². The molecular weight excluding hydrogens is 427 g/mol. The molecule has 0 saturated carbocycles. The molecule has 0 bridgehead atoms. The lowest BCUT2D eigenvalue weighted by molar-refractivity contribution is -0.115. The first-order valence-electron chi connectivity index (χ1n) is 7.93. The fourth-order valence-electron chi connectivity index (χ4n) is 2.32. The zero-order chi connectivity index (χ0) is 19.6. The monoisotopic (exact) mass is 440 g/mol. The predicted molar refractivity (Wildman–Crippen MR) is 112 cm³/mol. The molecule has 0 saturated heterocycles. The normalized spacial score (nSPS) is 12.0. The minimum Gasteiger partial charge on any atom is -0.323 e. The zero-order valence-electron chi connectivity index (χ0n) is 14.4. The Labute approximate surface area is 176 Å². The van der Waals surface area contributed by atoms with Crippen molar-refractivity contribution in [1.82, 2.24) is 14.8 Å². The Balaban J connectivity index is 1.73. The number of aromatic nitrogens is 3. The summed E-state index contributed by atoms with van der Waals surface area (Å²) >= 11 is 19.4. The van der Waals surface area contributed by atoms with Crippen LogP contribution in [-0.4, -0.2) is 25.9 Å². The van der Waals surface area contributed by atoms with Gasteiger partial charge < -0.3 is 9.88 Å². The van der Waals surface area contributed by atoms with Gasteiger partial charge in [0.2, 0.25) is 5.91 Å². The second-order valence-corrected chi connectivity index (χ2v) is 8.28. The summed E-state index contributed by atoms with van der Waals surface area (Å²) in [7, 11) is 1.85. The Kier molecular flexibility index (Phi) is 6.32. The lowest BCUT2D eigenvalue weighted by atomic mass is 10.2. The molecule has 0 aliphatic carbocycles. The number of halogens is 3. The second kappa shape index (κ2) is 8.52. The number of para-hydroxylation sites is 1. The second-order valence-electron chi connectivity index (χ2n) is 5.72. The molecule has 2 aromatic carbocycles. The third-order valence-corrected chi connectivity index (χ3v) is 5.82. The smallest absolute Gasteiger partial charge is 0.237 e. The van der Waals surface area contributed by atoms with Gasteiger partial charge >= 0.3 is 0 Å². The van der Waals surface area contributed by atoms with Crippen LogP contribution in [0.15, 0.2) is 47.6 Å². The summed E-state index contributed by atoms with van der Waals surface area (Å²) in [5, 5.41) is 12.8. The Morgan fingerprint density at radius 1 is 1.07 bits per heavy atom. The van der Waals surface area contributed by atoms with Crippen LogP contribution in [0.5, 0.6) is 0 Å². The number of rotatable bonds is 5. The van der Waals surface area contributed by atoms with Crippen molar-refractivity contribution in [2.24, 2.45) is 7.05 Å². The Morgan fingerprint density at radius 3 is 2.33 bits per heavy atom. The van der Waals surface area contributed by atoms with Gasteiger partial charge in [-0.1, -0.05) is 52.6 Å². The summed E-state index contributed by atoms with van der Waals surface area (Å²) in [4.78, 5) is 12.5. The topological polar surface area (TPSA) is 59.8 Å². The van der Waals surface area contributed by atoms with Crippen molar-refractivity contribution in [1.29, 1.82) is 0 Å². The molecule has 0 spiro atoms. The predicted octanol–water partition coefficient (Wildman–Crippen LogP) is 5.56. The van der Waals surface area contributed by atoms with Crippen molar-refractivity contribution >= 4 is 58.2 Å². The van der Waals surface area contributed by atoms with Crippen LogP contribution in [0.1, 0.15) is 6.92 Å². The standard InChI is InChI=1S/C18H15Cl3N4OS/c1-10(17(26)22-15-13(20)4-3-5-14(15)21)27-18-24-23-16(25(18)2)11-6-8-12(19)9-7-11/h3-10H,1-2H3,(H,22,26). The van der Waals surface area contributed by atoms with E-state index in [4.69, 9.17) is 34.8 Å². The van der Waals surface area contributed by atoms with Gasteiger partial charge in [0.05, 0.1) is 21.0 Å². The van der Waals surface area contributed by atoms with Gasteiger partial charge in [-0.3, -0.25) is 4.79 Å². The van der Waals surface area contributed by atoms with Crippen LogP contribution < -0.4 is 5.32 Å². The molecule has 0 fully saturated rings. The Morgan fingerprint density at radius 2 is 1.70 bits per heavy atom. The average molecular weight is 442 g/mol. The van der Waals surface area contributed by atoms with Gasteiger partial charge in [0.25, 0.3) is 0 Å². The van der Waals surface area contributed by atoms with Crippen molar-refractivity contribution < 1.29 is 4.79 Å². The van der Waals surface area contributed by atoms with Crippen molar-refractivity contribution in [2.45, 2.75) is 17.3 Å². The summed E-state index contributed by atoms with van der Waals surface area (Å²) in [6.07, 6.45) is 0. The largest absolute Gasteiger partial charge is 0.323 e. The average Bonchev–Trinajstić information content (AvgIpc) is 2.99. The Bertz CT molecular complexity index is 955. The summed E-state index contributed by atoms with van der Waals surface area (Å²) in [5.74, 6) is 0.460. The van der Waals surface area contributed by atoms with Crippen LogP contribution in [0, 0.1) is 0 Å². The lowest BCUT2D eigenvalue weighted by Crippen LogP contribution is -2.23. The van der Waals surface area contributed by atoms with Crippen molar-refractivity contribution in [2.75, 3.05) is 5.32 Å². The van der Waals surface area contributed by atoms with Crippen LogP contribution in [0.3, 0.4) is 0 Å². The van der Waals surface area contributed by atoms with Crippen LogP contribution in [0.4, 0.5) is 5.69 Å². The summed E-state index contributed by atoms with van der Waals surface area (Å²) < 4.78 is 1.83. The molecule has 27 heavy (non-hydrogen) atoms. The van der Waals surface area contributed by atoms with Gasteiger partial charge in [-0.15, -0.1) is 10.2 Å². The third kappa shape index (κ3) is 4.58. The number of benzene rings is 2. The third-order valence-electron chi connectivity index (χ3n) is 3.80. The summed E-state index contributed by atoms with van der Waals surface area (Å²) in [6.45, 7) is 1.78. The Hall–Kier alpha value is -1.73. The quantitative estimate of drug-likeness (QED) is 0.526. The minimum absolute atomic E-state index is 0.231. The number of nitrogens with zero attached hydrogens (tertiary/aromatic N) is 3. The fourth-order valence-corrected chi connectivity index (χ4v) is 3.75. The first kappa shape index (κ1) is 20.0. The van der Waals surface area contributed by atoms with Gasteiger partial charge in [-0.25, -0.2) is 0 Å². The zero-order valence-corrected chi connectivity index (χ0v) is 17.5. The maximum atomic E-state index is 12.5. The molecule has 1 N–H and O–H groups in total. The molecular formula is C18H15Cl3N4OS. The van der Waals surface area contributed by atoms with E-state index in [0.29, 0.717) is 31.7 Å². The molecule has 1 amide bonds. The molecule has 0 radical (unpaired) electrons. The molecule has 5 nitrogen and oxygen atoms in total. The van der Waals surface area contributed by atoms with Gasteiger partial charge in [-0.2, -0.15) is 0 Å². The van der Waals surface area contributed by atoms with Crippen molar-refractivity contribution in [3.63, 3.8) is 0 Å². The number of hydrogen-bond acceptors (Lipinski definition) is 4. The highest BCUT2D eigenvalue weighted by molar-refractivity contribution is 8.00. The van der Waals surface area contributed by atoms with E-state index in [0.717, 1.165) is 5.56 Å². The highest BCUT2D eigenvalue weighted by atomic mass is 35.5. The molecule has 1 aromatic heterocycles. The highest BCUT2D eigenvalue weighted by Crippen LogP contribution is 2.31. The molecule has 140 valence electrons. The van der Waals surface area contributed by atoms with Crippen LogP contribution in [0.2, 0.25) is 15.1 Å². The van der Waals surface area contributed by atoms with E-state index in [1.807, 2.05) is 23.7 Å². The van der Waals surface area contributed by atoms with E-state index in [-0.39, 0.29) is 5.91 Å². The van der Waals surface area contributed by atoms with Crippen LogP contribution >= 0.6 is 46.6 Å².